The van der Waals surface area contributed by atoms with Crippen LogP contribution in [-0.2, 0) is 33.2 Å². The van der Waals surface area contributed by atoms with Crippen molar-refractivity contribution in [2.24, 2.45) is 0 Å². The van der Waals surface area contributed by atoms with E-state index in [1.807, 2.05) is 6.08 Å². The minimum Gasteiger partial charge on any atom is -0.394 e. The van der Waals surface area contributed by atoms with Crippen LogP contribution in [0.25, 0.3) is 0 Å². The van der Waals surface area contributed by atoms with Crippen LogP contribution in [0, 0.1) is 0 Å². The molecule has 3 heterocycles. The number of hydrogen-bond donors (Lipinski definition) is 12. The highest BCUT2D eigenvalue weighted by molar-refractivity contribution is 5.76. The van der Waals surface area contributed by atoms with E-state index in [4.69, 9.17) is 28.4 Å². The zero-order valence-corrected chi connectivity index (χ0v) is 58.4. The van der Waals surface area contributed by atoms with Crippen LogP contribution in [0.4, 0.5) is 0 Å². The molecule has 3 rings (SSSR count). The molecule has 94 heavy (non-hydrogen) atoms. The van der Waals surface area contributed by atoms with Crippen molar-refractivity contribution in [3.05, 3.63) is 48.6 Å². The second-order valence-corrected chi connectivity index (χ2v) is 27.1. The highest BCUT2D eigenvalue weighted by Crippen LogP contribution is 2.33. The highest BCUT2D eigenvalue weighted by atomic mass is 16.8. The molecule has 0 aromatic rings. The SMILES string of the molecule is CCCCCCCCC/C=C\CCCCCCCC(=O)NC(COC1OC(CO)C(OC2OC(CO)C(OC3OC(CO)C(O)C(O)C3O)C(O)C2O)C(O)C1O)C(O)/C=C/CC/C=C/CC/C=C/CCCCCCCCCCCCCCCCCCCCCCCCC. The van der Waals surface area contributed by atoms with Crippen molar-refractivity contribution in [3.63, 3.8) is 0 Å². The molecule has 1 amide bonds. The number of carbonyl (C=O) groups is 1. The zero-order valence-electron chi connectivity index (χ0n) is 58.4. The first-order valence-electron chi connectivity index (χ1n) is 37.9. The van der Waals surface area contributed by atoms with E-state index in [1.54, 1.807) is 6.08 Å². The van der Waals surface area contributed by atoms with E-state index >= 15 is 0 Å². The molecule has 3 fully saturated rings. The van der Waals surface area contributed by atoms with Crippen molar-refractivity contribution in [1.29, 1.82) is 0 Å². The van der Waals surface area contributed by atoms with Crippen molar-refractivity contribution < 1.29 is 89.4 Å². The van der Waals surface area contributed by atoms with Crippen LogP contribution in [0.15, 0.2) is 48.6 Å². The maximum absolute atomic E-state index is 13.4. The third kappa shape index (κ3) is 37.3. The zero-order chi connectivity index (χ0) is 68.2. The Labute approximate surface area is 567 Å². The summed E-state index contributed by atoms with van der Waals surface area (Å²) in [4.78, 5) is 13.4. The van der Waals surface area contributed by atoms with E-state index in [2.05, 4.69) is 55.6 Å². The number of hydrogen-bond acceptors (Lipinski definition) is 18. The van der Waals surface area contributed by atoms with Crippen LogP contribution >= 0.6 is 0 Å². The van der Waals surface area contributed by atoms with Gasteiger partial charge in [-0.15, -0.1) is 0 Å². The summed E-state index contributed by atoms with van der Waals surface area (Å²) in [5.74, 6) is -0.297. The van der Waals surface area contributed by atoms with Crippen LogP contribution < -0.4 is 5.32 Å². The summed E-state index contributed by atoms with van der Waals surface area (Å²) in [6, 6.07) is -1.00. The first-order valence-corrected chi connectivity index (χ1v) is 37.9. The second-order valence-electron chi connectivity index (χ2n) is 27.1. The van der Waals surface area contributed by atoms with Crippen molar-refractivity contribution in [1.82, 2.24) is 5.32 Å². The lowest BCUT2D eigenvalue weighted by molar-refractivity contribution is -0.379. The molecule has 17 unspecified atom stereocenters. The summed E-state index contributed by atoms with van der Waals surface area (Å²) in [7, 11) is 0. The molecule has 3 aliphatic heterocycles. The van der Waals surface area contributed by atoms with Gasteiger partial charge in [-0.3, -0.25) is 4.79 Å². The summed E-state index contributed by atoms with van der Waals surface area (Å²) in [6.45, 7) is 1.72. The predicted octanol–water partition coefficient (Wildman–Crippen LogP) is 11.3. The molecule has 0 aromatic heterocycles. The van der Waals surface area contributed by atoms with E-state index in [1.165, 1.54) is 193 Å². The quantitative estimate of drug-likeness (QED) is 0.0199. The lowest BCUT2D eigenvalue weighted by Gasteiger charge is -2.48. The molecule has 0 aliphatic carbocycles. The van der Waals surface area contributed by atoms with Crippen molar-refractivity contribution in [2.75, 3.05) is 26.4 Å². The van der Waals surface area contributed by atoms with Gasteiger partial charge in [0.05, 0.1) is 38.6 Å². The van der Waals surface area contributed by atoms with Gasteiger partial charge in [-0.1, -0.05) is 262 Å². The number of aliphatic hydroxyl groups is 11. The van der Waals surface area contributed by atoms with Gasteiger partial charge in [-0.25, -0.2) is 0 Å². The maximum atomic E-state index is 13.4. The molecule has 3 saturated heterocycles. The number of carbonyl (C=O) groups excluding carboxylic acids is 1. The Balaban J connectivity index is 1.39. The average Bonchev–Trinajstić information content (AvgIpc) is 0.787. The Bertz CT molecular complexity index is 1890. The van der Waals surface area contributed by atoms with Crippen LogP contribution in [0.1, 0.15) is 290 Å². The molecule has 0 aromatic carbocycles. The molecule has 0 spiro atoms. The molecule has 19 heteroatoms. The molecular weight excluding hydrogens is 1200 g/mol. The van der Waals surface area contributed by atoms with E-state index in [0.717, 1.165) is 64.2 Å². The molecule has 0 bridgehead atoms. The van der Waals surface area contributed by atoms with Gasteiger partial charge in [-0.05, 0) is 70.6 Å². The fourth-order valence-corrected chi connectivity index (χ4v) is 12.7. The molecule has 0 saturated carbocycles. The minimum absolute atomic E-state index is 0.222. The summed E-state index contributed by atoms with van der Waals surface area (Å²) in [5.41, 5.74) is 0. The molecular formula is C75H137NO18. The van der Waals surface area contributed by atoms with E-state index in [-0.39, 0.29) is 18.9 Å². The van der Waals surface area contributed by atoms with E-state index in [9.17, 15) is 61.0 Å². The average molecular weight is 1340 g/mol. The Hall–Kier alpha value is -2.25. The van der Waals surface area contributed by atoms with Gasteiger partial charge in [0.2, 0.25) is 5.91 Å². The summed E-state index contributed by atoms with van der Waals surface area (Å²) < 4.78 is 34.3. The summed E-state index contributed by atoms with van der Waals surface area (Å²) >= 11 is 0. The fourth-order valence-electron chi connectivity index (χ4n) is 12.7. The number of unbranched alkanes of at least 4 members (excludes halogenated alkanes) is 37. The van der Waals surface area contributed by atoms with Gasteiger partial charge in [0.15, 0.2) is 18.9 Å². The largest absolute Gasteiger partial charge is 0.394 e. The van der Waals surface area contributed by atoms with Gasteiger partial charge < -0.3 is 89.9 Å². The molecule has 0 radical (unpaired) electrons. The lowest BCUT2D eigenvalue weighted by atomic mass is 9.96. The molecule has 3 aliphatic rings. The number of ether oxygens (including phenoxy) is 6. The van der Waals surface area contributed by atoms with Crippen LogP contribution in [0.5, 0.6) is 0 Å². The van der Waals surface area contributed by atoms with Gasteiger partial charge >= 0.3 is 0 Å². The third-order valence-electron chi connectivity index (χ3n) is 18.8. The minimum atomic E-state index is -1.98. The normalized spacial score (nSPS) is 27.6. The summed E-state index contributed by atoms with van der Waals surface area (Å²) in [5, 5.41) is 121. The highest BCUT2D eigenvalue weighted by Gasteiger charge is 2.53. The molecule has 550 valence electrons. The summed E-state index contributed by atoms with van der Waals surface area (Å²) in [6.07, 6.45) is 42.6. The van der Waals surface area contributed by atoms with E-state index < -0.39 is 124 Å². The van der Waals surface area contributed by atoms with E-state index in [0.29, 0.717) is 12.8 Å². The van der Waals surface area contributed by atoms with Gasteiger partial charge in [0.1, 0.15) is 73.2 Å². The molecule has 17 atom stereocenters. The molecule has 12 N–H and O–H groups in total. The Morgan fingerprint density at radius 1 is 0.372 bits per heavy atom. The third-order valence-corrected chi connectivity index (χ3v) is 18.8. The van der Waals surface area contributed by atoms with Gasteiger partial charge in [0, 0.05) is 6.42 Å². The Morgan fingerprint density at radius 2 is 0.681 bits per heavy atom. The smallest absolute Gasteiger partial charge is 0.220 e. The van der Waals surface area contributed by atoms with Crippen molar-refractivity contribution in [3.8, 4) is 0 Å². The van der Waals surface area contributed by atoms with Crippen molar-refractivity contribution in [2.45, 2.75) is 394 Å². The number of aliphatic hydroxyl groups excluding tert-OH is 11. The maximum Gasteiger partial charge on any atom is 0.220 e. The first-order chi connectivity index (χ1) is 45.8. The Kier molecular flexibility index (Phi) is 51.7. The monoisotopic (exact) mass is 1340 g/mol. The standard InChI is InChI=1S/C75H137NO18/c1-3-5-7-9-11-13-15-17-19-21-22-23-24-25-26-27-28-29-30-31-32-33-34-35-36-37-38-40-42-44-46-48-50-52-59(80)58(76-63(81)53-51-49-47-45-43-41-39-20-18-16-14-12-10-8-6-4-2)57-89-73-69(87)66(84)71(61(55-78)91-73)94-75-70(88)67(85)72(62(56-79)92-75)93-74-68(86)65(83)64(82)60(54-77)90-74/h20,36-37,39,42,44,50,52,58-62,64-75,77-80,82-88H,3-19,21-35,38,40-41,43,45-49,51,53-57H2,1-2H3,(H,76,81)/b37-36+,39-20-,44-42+,52-50+. The topological polar surface area (TPSA) is 307 Å². The Morgan fingerprint density at radius 3 is 1.06 bits per heavy atom. The fraction of sp³-hybridized carbons (Fsp3) is 0.880. The van der Waals surface area contributed by atoms with Crippen molar-refractivity contribution >= 4 is 5.91 Å². The van der Waals surface area contributed by atoms with Gasteiger partial charge in [-0.2, -0.15) is 0 Å². The number of allylic oxidation sites excluding steroid dienone is 7. The molecule has 19 nitrogen and oxygen atoms in total. The number of rotatable bonds is 59. The van der Waals surface area contributed by atoms with Crippen LogP contribution in [-0.4, -0.2) is 193 Å². The van der Waals surface area contributed by atoms with Gasteiger partial charge in [0.25, 0.3) is 0 Å². The predicted molar refractivity (Wildman–Crippen MR) is 369 cm³/mol. The first kappa shape index (κ1) is 86.0. The lowest BCUT2D eigenvalue weighted by Crippen LogP contribution is -2.66. The second kappa shape index (κ2) is 56.5. The van der Waals surface area contributed by atoms with Crippen LogP contribution in [0.3, 0.4) is 0 Å². The number of amides is 1. The van der Waals surface area contributed by atoms with Crippen LogP contribution in [0.2, 0.25) is 0 Å². The number of nitrogens with one attached hydrogen (secondary N) is 1.